The van der Waals surface area contributed by atoms with Crippen LogP contribution in [-0.4, -0.2) is 17.4 Å². The molecule has 0 heterocycles. The third kappa shape index (κ3) is 4.81. The Morgan fingerprint density at radius 1 is 1.17 bits per heavy atom. The van der Waals surface area contributed by atoms with E-state index in [0.29, 0.717) is 17.4 Å². The van der Waals surface area contributed by atoms with Crippen molar-refractivity contribution in [2.24, 2.45) is 0 Å². The second kappa shape index (κ2) is 8.10. The monoisotopic (exact) mass is 328 g/mol. The van der Waals surface area contributed by atoms with E-state index in [4.69, 9.17) is 4.74 Å². The predicted molar refractivity (Wildman–Crippen MR) is 92.4 cm³/mol. The Kier molecular flexibility index (Phi) is 5.89. The lowest BCUT2D eigenvalue weighted by atomic mass is 9.99. The maximum Gasteiger partial charge on any atom is 0.269 e. The summed E-state index contributed by atoms with van der Waals surface area (Å²) in [5.41, 5.74) is 1.70. The molecule has 0 fully saturated rings. The smallest absolute Gasteiger partial charge is 0.269 e. The SMILES string of the molecule is CC[C@@H](C)c1ccc(OCC(=O)Nc2ccc([N+](=O)[O-])cc2)cc1. The summed E-state index contributed by atoms with van der Waals surface area (Å²) in [5.74, 6) is 0.792. The summed E-state index contributed by atoms with van der Waals surface area (Å²) >= 11 is 0. The summed E-state index contributed by atoms with van der Waals surface area (Å²) < 4.78 is 5.45. The molecular formula is C18H20N2O4. The fourth-order valence-corrected chi connectivity index (χ4v) is 2.14. The lowest BCUT2D eigenvalue weighted by Gasteiger charge is -2.11. The second-order valence-corrected chi connectivity index (χ2v) is 5.52. The van der Waals surface area contributed by atoms with Crippen LogP contribution in [0.1, 0.15) is 31.7 Å². The Morgan fingerprint density at radius 2 is 1.79 bits per heavy atom. The van der Waals surface area contributed by atoms with Crippen molar-refractivity contribution >= 4 is 17.3 Å². The number of ether oxygens (including phenoxy) is 1. The van der Waals surface area contributed by atoms with E-state index in [2.05, 4.69) is 19.2 Å². The second-order valence-electron chi connectivity index (χ2n) is 5.52. The summed E-state index contributed by atoms with van der Waals surface area (Å²) in [6.45, 7) is 4.17. The molecule has 2 aromatic rings. The number of anilines is 1. The maximum absolute atomic E-state index is 11.9. The Morgan fingerprint density at radius 3 is 2.33 bits per heavy atom. The van der Waals surface area contributed by atoms with Crippen molar-refractivity contribution in [1.82, 2.24) is 0 Å². The standard InChI is InChI=1S/C18H20N2O4/c1-3-13(2)14-4-10-17(11-5-14)24-12-18(21)19-15-6-8-16(9-7-15)20(22)23/h4-11,13H,3,12H2,1-2H3,(H,19,21)/t13-/m1/s1. The molecular weight excluding hydrogens is 308 g/mol. The summed E-state index contributed by atoms with van der Waals surface area (Å²) in [7, 11) is 0. The molecule has 0 aliphatic heterocycles. The fraction of sp³-hybridized carbons (Fsp3) is 0.278. The van der Waals surface area contributed by atoms with E-state index < -0.39 is 4.92 Å². The van der Waals surface area contributed by atoms with Gasteiger partial charge in [-0.3, -0.25) is 14.9 Å². The zero-order valence-corrected chi connectivity index (χ0v) is 13.7. The number of nitro groups is 1. The molecule has 0 radical (unpaired) electrons. The highest BCUT2D eigenvalue weighted by atomic mass is 16.6. The number of hydrogen-bond donors (Lipinski definition) is 1. The van der Waals surface area contributed by atoms with Gasteiger partial charge in [0.05, 0.1) is 4.92 Å². The molecule has 1 atom stereocenters. The highest BCUT2D eigenvalue weighted by Gasteiger charge is 2.08. The first-order valence-electron chi connectivity index (χ1n) is 7.76. The number of nitrogens with zero attached hydrogens (tertiary/aromatic N) is 1. The predicted octanol–water partition coefficient (Wildman–Crippen LogP) is 4.13. The summed E-state index contributed by atoms with van der Waals surface area (Å²) in [6, 6.07) is 13.3. The number of carbonyl (C=O) groups is 1. The van der Waals surface area contributed by atoms with Gasteiger partial charge in [-0.15, -0.1) is 0 Å². The Bertz CT molecular complexity index is 696. The van der Waals surface area contributed by atoms with Gasteiger partial charge in [-0.2, -0.15) is 0 Å². The zero-order valence-electron chi connectivity index (χ0n) is 13.7. The van der Waals surface area contributed by atoms with Crippen LogP contribution in [0.3, 0.4) is 0 Å². The van der Waals surface area contributed by atoms with Gasteiger partial charge >= 0.3 is 0 Å². The van der Waals surface area contributed by atoms with Crippen LogP contribution < -0.4 is 10.1 Å². The number of rotatable bonds is 7. The number of non-ortho nitro benzene ring substituents is 1. The summed E-state index contributed by atoms with van der Waals surface area (Å²) in [4.78, 5) is 21.9. The highest BCUT2D eigenvalue weighted by molar-refractivity contribution is 5.91. The van der Waals surface area contributed by atoms with Gasteiger partial charge in [0, 0.05) is 17.8 Å². The molecule has 0 aliphatic carbocycles. The largest absolute Gasteiger partial charge is 0.484 e. The van der Waals surface area contributed by atoms with Gasteiger partial charge in [0.2, 0.25) is 0 Å². The van der Waals surface area contributed by atoms with Crippen LogP contribution in [0.4, 0.5) is 11.4 Å². The Labute approximate surface area is 140 Å². The molecule has 126 valence electrons. The lowest BCUT2D eigenvalue weighted by molar-refractivity contribution is -0.384. The van der Waals surface area contributed by atoms with E-state index in [9.17, 15) is 14.9 Å². The molecule has 0 saturated heterocycles. The number of nitrogens with one attached hydrogen (secondary N) is 1. The molecule has 0 saturated carbocycles. The normalized spacial score (nSPS) is 11.6. The summed E-state index contributed by atoms with van der Waals surface area (Å²) in [5, 5.41) is 13.2. The van der Waals surface area contributed by atoms with Crippen LogP contribution in [0.25, 0.3) is 0 Å². The maximum atomic E-state index is 11.9. The number of nitro benzene ring substituents is 1. The van der Waals surface area contributed by atoms with Gasteiger partial charge in [0.25, 0.3) is 11.6 Å². The molecule has 0 aliphatic rings. The first kappa shape index (κ1) is 17.5. The van der Waals surface area contributed by atoms with Crippen LogP contribution in [0.5, 0.6) is 5.75 Å². The van der Waals surface area contributed by atoms with Crippen LogP contribution in [0.2, 0.25) is 0 Å². The first-order valence-corrected chi connectivity index (χ1v) is 7.76. The topological polar surface area (TPSA) is 81.5 Å². The van der Waals surface area contributed by atoms with Crippen molar-refractivity contribution in [3.05, 3.63) is 64.2 Å². The van der Waals surface area contributed by atoms with Crippen molar-refractivity contribution in [1.29, 1.82) is 0 Å². The molecule has 0 spiro atoms. The minimum Gasteiger partial charge on any atom is -0.484 e. The minimum absolute atomic E-state index is 0.0225. The summed E-state index contributed by atoms with van der Waals surface area (Å²) in [6.07, 6.45) is 1.07. The van der Waals surface area contributed by atoms with Crippen LogP contribution in [0.15, 0.2) is 48.5 Å². The van der Waals surface area contributed by atoms with Crippen molar-refractivity contribution in [2.75, 3.05) is 11.9 Å². The number of amides is 1. The van der Waals surface area contributed by atoms with Crippen molar-refractivity contribution < 1.29 is 14.5 Å². The van der Waals surface area contributed by atoms with Crippen LogP contribution >= 0.6 is 0 Å². The van der Waals surface area contributed by atoms with E-state index in [1.165, 1.54) is 29.8 Å². The van der Waals surface area contributed by atoms with Crippen molar-refractivity contribution in [3.8, 4) is 5.75 Å². The van der Waals surface area contributed by atoms with E-state index in [1.807, 2.05) is 24.3 Å². The fourth-order valence-electron chi connectivity index (χ4n) is 2.14. The van der Waals surface area contributed by atoms with Gasteiger partial charge < -0.3 is 10.1 Å². The molecule has 2 rings (SSSR count). The van der Waals surface area contributed by atoms with E-state index >= 15 is 0 Å². The molecule has 2 aromatic carbocycles. The van der Waals surface area contributed by atoms with Gasteiger partial charge in [-0.1, -0.05) is 26.0 Å². The molecule has 0 bridgehead atoms. The third-order valence-electron chi connectivity index (χ3n) is 3.79. The van der Waals surface area contributed by atoms with E-state index in [-0.39, 0.29) is 18.2 Å². The molecule has 0 unspecified atom stereocenters. The molecule has 24 heavy (non-hydrogen) atoms. The quantitative estimate of drug-likeness (QED) is 0.612. The average Bonchev–Trinajstić information content (AvgIpc) is 2.60. The average molecular weight is 328 g/mol. The van der Waals surface area contributed by atoms with Gasteiger partial charge in [0.15, 0.2) is 6.61 Å². The highest BCUT2D eigenvalue weighted by Crippen LogP contribution is 2.21. The van der Waals surface area contributed by atoms with Crippen molar-refractivity contribution in [2.45, 2.75) is 26.2 Å². The number of benzene rings is 2. The molecule has 1 amide bonds. The van der Waals surface area contributed by atoms with Gasteiger partial charge in [-0.25, -0.2) is 0 Å². The Balaban J connectivity index is 1.85. The zero-order chi connectivity index (χ0) is 17.5. The van der Waals surface area contributed by atoms with Crippen molar-refractivity contribution in [3.63, 3.8) is 0 Å². The minimum atomic E-state index is -0.488. The van der Waals surface area contributed by atoms with E-state index in [1.54, 1.807) is 0 Å². The van der Waals surface area contributed by atoms with Gasteiger partial charge in [0.1, 0.15) is 5.75 Å². The third-order valence-corrected chi connectivity index (χ3v) is 3.79. The number of hydrogen-bond acceptors (Lipinski definition) is 4. The first-order chi connectivity index (χ1) is 11.5. The number of carbonyl (C=O) groups excluding carboxylic acids is 1. The molecule has 1 N–H and O–H groups in total. The molecule has 0 aromatic heterocycles. The molecule has 6 nitrogen and oxygen atoms in total. The van der Waals surface area contributed by atoms with Gasteiger partial charge in [-0.05, 0) is 42.2 Å². The molecule has 6 heteroatoms. The van der Waals surface area contributed by atoms with Crippen LogP contribution in [-0.2, 0) is 4.79 Å². The van der Waals surface area contributed by atoms with Crippen LogP contribution in [0, 0.1) is 10.1 Å². The Hall–Kier alpha value is -2.89. The van der Waals surface area contributed by atoms with E-state index in [0.717, 1.165) is 6.42 Å². The lowest BCUT2D eigenvalue weighted by Crippen LogP contribution is -2.20.